The lowest BCUT2D eigenvalue weighted by atomic mass is 9.84. The summed E-state index contributed by atoms with van der Waals surface area (Å²) in [6.07, 6.45) is 0.421. The van der Waals surface area contributed by atoms with Crippen LogP contribution in [0.4, 0.5) is 4.39 Å². The maximum absolute atomic E-state index is 13.6. The molecule has 1 rings (SSSR count). The van der Waals surface area contributed by atoms with E-state index in [1.54, 1.807) is 0 Å². The Bertz CT molecular complexity index is 457. The number of hydrogen-bond donors (Lipinski definition) is 2. The van der Waals surface area contributed by atoms with Gasteiger partial charge in [0, 0.05) is 17.7 Å². The van der Waals surface area contributed by atoms with Crippen molar-refractivity contribution >= 4 is 17.5 Å². The monoisotopic (exact) mass is 287 g/mol. The van der Waals surface area contributed by atoms with E-state index in [2.05, 4.69) is 5.32 Å². The molecule has 1 amide bonds. The predicted octanol–water partition coefficient (Wildman–Crippen LogP) is 3.01. The number of amides is 1. The standard InChI is InChI=1S/C14H19ClFNO2/c1-14(2,3)12(6-7-18)17-13(19)10-5-4-9(15)8-11(10)16/h4-5,8,12,18H,6-7H2,1-3H3,(H,17,19). The molecule has 0 aromatic heterocycles. The molecule has 0 spiro atoms. The minimum absolute atomic E-state index is 0.0364. The lowest BCUT2D eigenvalue weighted by Crippen LogP contribution is -2.44. The van der Waals surface area contributed by atoms with Crippen LogP contribution in [-0.4, -0.2) is 23.7 Å². The van der Waals surface area contributed by atoms with Gasteiger partial charge in [0.2, 0.25) is 0 Å². The highest BCUT2D eigenvalue weighted by molar-refractivity contribution is 6.30. The number of carbonyl (C=O) groups is 1. The summed E-state index contributed by atoms with van der Waals surface area (Å²) in [4.78, 5) is 12.0. The lowest BCUT2D eigenvalue weighted by molar-refractivity contribution is 0.0881. The summed E-state index contributed by atoms with van der Waals surface area (Å²) in [5.41, 5.74) is -0.266. The van der Waals surface area contributed by atoms with Crippen molar-refractivity contribution in [1.82, 2.24) is 5.32 Å². The van der Waals surface area contributed by atoms with Crippen molar-refractivity contribution in [2.24, 2.45) is 5.41 Å². The van der Waals surface area contributed by atoms with Crippen molar-refractivity contribution in [2.75, 3.05) is 6.61 Å². The van der Waals surface area contributed by atoms with E-state index in [-0.39, 0.29) is 28.6 Å². The van der Waals surface area contributed by atoms with Crippen molar-refractivity contribution in [3.05, 3.63) is 34.6 Å². The van der Waals surface area contributed by atoms with Crippen molar-refractivity contribution < 1.29 is 14.3 Å². The first-order valence-corrected chi connectivity index (χ1v) is 6.50. The normalized spacial score (nSPS) is 13.2. The molecule has 19 heavy (non-hydrogen) atoms. The van der Waals surface area contributed by atoms with Gasteiger partial charge >= 0.3 is 0 Å². The van der Waals surface area contributed by atoms with E-state index in [1.807, 2.05) is 20.8 Å². The molecule has 0 bridgehead atoms. The molecule has 1 unspecified atom stereocenters. The number of hydrogen-bond acceptors (Lipinski definition) is 2. The van der Waals surface area contributed by atoms with Crippen LogP contribution in [0.1, 0.15) is 37.6 Å². The second-order valence-corrected chi connectivity index (χ2v) is 5.96. The third-order valence-corrected chi connectivity index (χ3v) is 3.18. The number of carbonyl (C=O) groups excluding carboxylic acids is 1. The number of rotatable bonds is 4. The molecule has 1 aromatic carbocycles. The average Bonchev–Trinajstić information content (AvgIpc) is 2.26. The van der Waals surface area contributed by atoms with Crippen molar-refractivity contribution in [3.63, 3.8) is 0 Å². The molecule has 0 aliphatic heterocycles. The molecule has 3 nitrogen and oxygen atoms in total. The zero-order valence-electron chi connectivity index (χ0n) is 11.3. The van der Waals surface area contributed by atoms with Crippen LogP contribution in [0, 0.1) is 11.2 Å². The maximum atomic E-state index is 13.6. The van der Waals surface area contributed by atoms with Gasteiger partial charge in [-0.1, -0.05) is 32.4 Å². The fourth-order valence-corrected chi connectivity index (χ4v) is 1.92. The molecule has 0 saturated heterocycles. The Kier molecular flexibility index (Phi) is 5.32. The number of benzene rings is 1. The molecule has 0 aliphatic carbocycles. The molecule has 0 aliphatic rings. The van der Waals surface area contributed by atoms with E-state index in [4.69, 9.17) is 16.7 Å². The van der Waals surface area contributed by atoms with Crippen molar-refractivity contribution in [2.45, 2.75) is 33.2 Å². The summed E-state index contributed by atoms with van der Waals surface area (Å²) in [5.74, 6) is -1.15. The molecule has 0 radical (unpaired) electrons. The van der Waals surface area contributed by atoms with E-state index in [0.717, 1.165) is 6.07 Å². The van der Waals surface area contributed by atoms with Crippen molar-refractivity contribution in [3.8, 4) is 0 Å². The van der Waals surface area contributed by atoms with Crippen LogP contribution >= 0.6 is 11.6 Å². The smallest absolute Gasteiger partial charge is 0.254 e. The van der Waals surface area contributed by atoms with Crippen LogP contribution in [0.2, 0.25) is 5.02 Å². The SMILES string of the molecule is CC(C)(C)C(CCO)NC(=O)c1ccc(Cl)cc1F. The Morgan fingerprint density at radius 3 is 2.58 bits per heavy atom. The minimum atomic E-state index is -0.651. The van der Waals surface area contributed by atoms with Gasteiger partial charge in [0.15, 0.2) is 0 Å². The first-order valence-electron chi connectivity index (χ1n) is 6.12. The van der Waals surface area contributed by atoms with Gasteiger partial charge in [-0.25, -0.2) is 4.39 Å². The summed E-state index contributed by atoms with van der Waals surface area (Å²) < 4.78 is 13.6. The Balaban J connectivity index is 2.88. The summed E-state index contributed by atoms with van der Waals surface area (Å²) in [6.45, 7) is 5.81. The van der Waals surface area contributed by atoms with Crippen LogP contribution in [0.15, 0.2) is 18.2 Å². The fourth-order valence-electron chi connectivity index (χ4n) is 1.76. The van der Waals surface area contributed by atoms with Crippen LogP contribution in [-0.2, 0) is 0 Å². The second-order valence-electron chi connectivity index (χ2n) is 5.53. The van der Waals surface area contributed by atoms with Crippen LogP contribution < -0.4 is 5.32 Å². The predicted molar refractivity (Wildman–Crippen MR) is 73.8 cm³/mol. The highest BCUT2D eigenvalue weighted by Crippen LogP contribution is 2.22. The number of aliphatic hydroxyl groups is 1. The Labute approximate surface area is 117 Å². The van der Waals surface area contributed by atoms with Crippen LogP contribution in [0.3, 0.4) is 0 Å². The molecule has 0 saturated carbocycles. The second kappa shape index (κ2) is 6.35. The van der Waals surface area contributed by atoms with Crippen molar-refractivity contribution in [1.29, 1.82) is 0 Å². The average molecular weight is 288 g/mol. The third kappa shape index (κ3) is 4.48. The van der Waals surface area contributed by atoms with E-state index < -0.39 is 11.7 Å². The topological polar surface area (TPSA) is 49.3 Å². The van der Waals surface area contributed by atoms with Gasteiger partial charge in [0.25, 0.3) is 5.91 Å². The molecule has 106 valence electrons. The number of aliphatic hydroxyl groups excluding tert-OH is 1. The van der Waals surface area contributed by atoms with Gasteiger partial charge < -0.3 is 10.4 Å². The molecule has 0 fully saturated rings. The Morgan fingerprint density at radius 2 is 2.11 bits per heavy atom. The van der Waals surface area contributed by atoms with Gasteiger partial charge in [-0.15, -0.1) is 0 Å². The van der Waals surface area contributed by atoms with E-state index in [9.17, 15) is 9.18 Å². The molecule has 1 aromatic rings. The van der Waals surface area contributed by atoms with Gasteiger partial charge in [-0.3, -0.25) is 4.79 Å². The van der Waals surface area contributed by atoms with Crippen LogP contribution in [0.25, 0.3) is 0 Å². The van der Waals surface area contributed by atoms with Crippen LogP contribution in [0.5, 0.6) is 0 Å². The van der Waals surface area contributed by atoms with Gasteiger partial charge in [-0.05, 0) is 30.0 Å². The summed E-state index contributed by atoms with van der Waals surface area (Å²) in [5, 5.41) is 12.0. The van der Waals surface area contributed by atoms with E-state index in [0.29, 0.717) is 6.42 Å². The minimum Gasteiger partial charge on any atom is -0.396 e. The molecule has 5 heteroatoms. The lowest BCUT2D eigenvalue weighted by Gasteiger charge is -2.31. The molecule has 0 heterocycles. The van der Waals surface area contributed by atoms with Gasteiger partial charge in [0.05, 0.1) is 5.56 Å². The molecule has 1 atom stereocenters. The number of nitrogens with one attached hydrogen (secondary N) is 1. The molecular weight excluding hydrogens is 269 g/mol. The highest BCUT2D eigenvalue weighted by Gasteiger charge is 2.26. The third-order valence-electron chi connectivity index (χ3n) is 2.94. The van der Waals surface area contributed by atoms with Gasteiger partial charge in [-0.2, -0.15) is 0 Å². The fraction of sp³-hybridized carbons (Fsp3) is 0.500. The zero-order chi connectivity index (χ0) is 14.6. The van der Waals surface area contributed by atoms with Gasteiger partial charge in [0.1, 0.15) is 5.82 Å². The quantitative estimate of drug-likeness (QED) is 0.894. The number of halogens is 2. The largest absolute Gasteiger partial charge is 0.396 e. The summed E-state index contributed by atoms with van der Waals surface area (Å²) >= 11 is 5.64. The summed E-state index contributed by atoms with van der Waals surface area (Å²) in [6, 6.07) is 3.69. The maximum Gasteiger partial charge on any atom is 0.254 e. The van der Waals surface area contributed by atoms with E-state index >= 15 is 0 Å². The highest BCUT2D eigenvalue weighted by atomic mass is 35.5. The van der Waals surface area contributed by atoms with E-state index in [1.165, 1.54) is 12.1 Å². The molecule has 2 N–H and O–H groups in total. The zero-order valence-corrected chi connectivity index (χ0v) is 12.1. The first kappa shape index (κ1) is 15.9. The Hall–Kier alpha value is -1.13. The Morgan fingerprint density at radius 1 is 1.47 bits per heavy atom. The summed E-state index contributed by atoms with van der Waals surface area (Å²) in [7, 11) is 0. The molecular formula is C14H19ClFNO2. The first-order chi connectivity index (χ1) is 8.75.